The van der Waals surface area contributed by atoms with E-state index in [-0.39, 0.29) is 6.61 Å². The minimum Gasteiger partial charge on any atom is -0.446 e. The van der Waals surface area contributed by atoms with Gasteiger partial charge in [0.1, 0.15) is 5.69 Å². The lowest BCUT2D eigenvalue weighted by Crippen LogP contribution is -1.78. The van der Waals surface area contributed by atoms with Crippen molar-refractivity contribution in [1.29, 1.82) is 0 Å². The molecule has 2 aromatic rings. The summed E-state index contributed by atoms with van der Waals surface area (Å²) in [5.74, 6) is 1.09. The average molecular weight is 244 g/mol. The molecular weight excluding hydrogens is 238 g/mol. The van der Waals surface area contributed by atoms with E-state index in [1.807, 2.05) is 0 Å². The molecule has 1 N–H and O–H groups in total. The van der Waals surface area contributed by atoms with Gasteiger partial charge in [-0.3, -0.25) is 0 Å². The monoisotopic (exact) mass is 243 g/mol. The van der Waals surface area contributed by atoms with Crippen molar-refractivity contribution in [3.05, 3.63) is 28.6 Å². The maximum atomic E-state index is 8.74. The maximum absolute atomic E-state index is 8.74. The molecule has 0 aliphatic rings. The van der Waals surface area contributed by atoms with E-state index in [0.717, 1.165) is 0 Å². The molecule has 0 aliphatic carbocycles. The Morgan fingerprint density at radius 1 is 1.38 bits per heavy atom. The van der Waals surface area contributed by atoms with E-state index >= 15 is 0 Å². The number of nitrogens with zero attached hydrogens (tertiary/aromatic N) is 1. The van der Waals surface area contributed by atoms with E-state index in [9.17, 15) is 0 Å². The molecule has 0 saturated carbocycles. The second-order valence-electron chi connectivity index (χ2n) is 2.44. The number of furan rings is 1. The van der Waals surface area contributed by atoms with Crippen molar-refractivity contribution in [2.75, 3.05) is 0 Å². The number of hydrogen-bond donors (Lipinski definition) is 1. The Hall–Kier alpha value is -1.07. The summed E-state index contributed by atoms with van der Waals surface area (Å²) in [6.07, 6.45) is 0. The van der Waals surface area contributed by atoms with Crippen molar-refractivity contribution in [1.82, 2.24) is 5.16 Å². The Morgan fingerprint density at radius 2 is 2.23 bits per heavy atom. The first-order chi connectivity index (χ1) is 6.29. The van der Waals surface area contributed by atoms with Crippen LogP contribution < -0.4 is 0 Å². The molecule has 0 spiro atoms. The lowest BCUT2D eigenvalue weighted by atomic mass is 10.3. The maximum Gasteiger partial charge on any atom is 0.202 e. The number of rotatable bonds is 2. The lowest BCUT2D eigenvalue weighted by molar-refractivity contribution is 0.267. The highest BCUT2D eigenvalue weighted by Gasteiger charge is 2.09. The molecule has 4 nitrogen and oxygen atoms in total. The van der Waals surface area contributed by atoms with Crippen LogP contribution in [-0.2, 0) is 6.61 Å². The number of aliphatic hydroxyl groups excluding tert-OH is 1. The Bertz CT molecular complexity index is 407. The Morgan fingerprint density at radius 3 is 2.77 bits per heavy atom. The highest BCUT2D eigenvalue weighted by Crippen LogP contribution is 2.25. The second kappa shape index (κ2) is 3.35. The van der Waals surface area contributed by atoms with Crippen LogP contribution in [0, 0.1) is 0 Å². The van der Waals surface area contributed by atoms with Crippen LogP contribution in [0.4, 0.5) is 0 Å². The van der Waals surface area contributed by atoms with E-state index in [4.69, 9.17) is 14.0 Å². The summed E-state index contributed by atoms with van der Waals surface area (Å²) in [7, 11) is 0. The zero-order valence-corrected chi connectivity index (χ0v) is 8.11. The molecule has 0 aliphatic heterocycles. The van der Waals surface area contributed by atoms with Gasteiger partial charge >= 0.3 is 0 Å². The Labute approximate surface area is 82.3 Å². The standard InChI is InChI=1S/C8H6BrNO3/c9-8-2-1-6(12-8)7-3-5(4-11)10-13-7/h1-3,11H,4H2. The van der Waals surface area contributed by atoms with E-state index in [1.165, 1.54) is 0 Å². The molecular formula is C8H6BrNO3. The van der Waals surface area contributed by atoms with Gasteiger partial charge in [0.2, 0.25) is 5.76 Å². The van der Waals surface area contributed by atoms with Crippen molar-refractivity contribution in [2.24, 2.45) is 0 Å². The summed E-state index contributed by atoms with van der Waals surface area (Å²) < 4.78 is 10.8. The molecule has 0 fully saturated rings. The summed E-state index contributed by atoms with van der Waals surface area (Å²) >= 11 is 3.18. The SMILES string of the molecule is OCc1cc(-c2ccc(Br)o2)on1. The molecule has 2 aromatic heterocycles. The van der Waals surface area contributed by atoms with Crippen LogP contribution in [0.15, 0.2) is 31.8 Å². The predicted octanol–water partition coefficient (Wildman–Crippen LogP) is 2.19. The summed E-state index contributed by atoms with van der Waals surface area (Å²) in [4.78, 5) is 0. The number of aromatic nitrogens is 1. The molecule has 0 amide bonds. The van der Waals surface area contributed by atoms with Crippen molar-refractivity contribution < 1.29 is 14.0 Å². The fourth-order valence-electron chi connectivity index (χ4n) is 0.949. The molecule has 0 radical (unpaired) electrons. The molecule has 68 valence electrons. The van der Waals surface area contributed by atoms with Crippen LogP contribution in [-0.4, -0.2) is 10.3 Å². The van der Waals surface area contributed by atoms with Gasteiger partial charge in [-0.2, -0.15) is 0 Å². The van der Waals surface area contributed by atoms with Crippen LogP contribution in [0.2, 0.25) is 0 Å². The highest BCUT2D eigenvalue weighted by atomic mass is 79.9. The molecule has 0 unspecified atom stereocenters. The van der Waals surface area contributed by atoms with E-state index in [2.05, 4.69) is 21.1 Å². The fraction of sp³-hybridized carbons (Fsp3) is 0.125. The van der Waals surface area contributed by atoms with Crippen molar-refractivity contribution in [2.45, 2.75) is 6.61 Å². The second-order valence-corrected chi connectivity index (χ2v) is 3.23. The van der Waals surface area contributed by atoms with Crippen LogP contribution in [0.1, 0.15) is 5.69 Å². The van der Waals surface area contributed by atoms with E-state index in [1.54, 1.807) is 18.2 Å². The zero-order valence-electron chi connectivity index (χ0n) is 6.53. The Kier molecular flexibility index (Phi) is 2.20. The van der Waals surface area contributed by atoms with Crippen molar-refractivity contribution in [3.8, 4) is 11.5 Å². The predicted molar refractivity (Wildman–Crippen MR) is 47.8 cm³/mol. The first kappa shape index (κ1) is 8.52. The van der Waals surface area contributed by atoms with Gasteiger partial charge in [0, 0.05) is 6.07 Å². The summed E-state index contributed by atoms with van der Waals surface area (Å²) in [6.45, 7) is -0.134. The van der Waals surface area contributed by atoms with E-state index < -0.39 is 0 Å². The van der Waals surface area contributed by atoms with Crippen LogP contribution >= 0.6 is 15.9 Å². The number of aliphatic hydroxyl groups is 1. The van der Waals surface area contributed by atoms with Gasteiger partial charge in [-0.1, -0.05) is 5.16 Å². The van der Waals surface area contributed by atoms with Gasteiger partial charge in [-0.05, 0) is 28.1 Å². The van der Waals surface area contributed by atoms with Gasteiger partial charge in [0.25, 0.3) is 0 Å². The van der Waals surface area contributed by atoms with Crippen LogP contribution in [0.5, 0.6) is 0 Å². The van der Waals surface area contributed by atoms with Gasteiger partial charge < -0.3 is 14.0 Å². The Balaban J connectivity index is 2.35. The molecule has 2 rings (SSSR count). The molecule has 0 bridgehead atoms. The smallest absolute Gasteiger partial charge is 0.202 e. The van der Waals surface area contributed by atoms with Gasteiger partial charge in [-0.15, -0.1) is 0 Å². The highest BCUT2D eigenvalue weighted by molar-refractivity contribution is 9.10. The first-order valence-electron chi connectivity index (χ1n) is 3.62. The summed E-state index contributed by atoms with van der Waals surface area (Å²) in [5, 5.41) is 12.4. The fourth-order valence-corrected chi connectivity index (χ4v) is 1.26. The minimum absolute atomic E-state index is 0.134. The zero-order chi connectivity index (χ0) is 9.26. The lowest BCUT2D eigenvalue weighted by Gasteiger charge is -1.84. The molecule has 2 heterocycles. The van der Waals surface area contributed by atoms with E-state index in [0.29, 0.717) is 21.9 Å². The normalized spacial score (nSPS) is 10.6. The number of hydrogen-bond acceptors (Lipinski definition) is 4. The molecule has 13 heavy (non-hydrogen) atoms. The quantitative estimate of drug-likeness (QED) is 0.879. The third-order valence-electron chi connectivity index (χ3n) is 1.54. The summed E-state index contributed by atoms with van der Waals surface area (Å²) in [5.41, 5.74) is 0.488. The van der Waals surface area contributed by atoms with Gasteiger partial charge in [0.05, 0.1) is 6.61 Å². The summed E-state index contributed by atoms with van der Waals surface area (Å²) in [6, 6.07) is 5.15. The molecule has 0 aromatic carbocycles. The molecule has 5 heteroatoms. The third kappa shape index (κ3) is 1.66. The van der Waals surface area contributed by atoms with Crippen molar-refractivity contribution >= 4 is 15.9 Å². The molecule has 0 saturated heterocycles. The largest absolute Gasteiger partial charge is 0.446 e. The third-order valence-corrected chi connectivity index (χ3v) is 1.96. The van der Waals surface area contributed by atoms with Crippen LogP contribution in [0.3, 0.4) is 0 Å². The topological polar surface area (TPSA) is 59.4 Å². The van der Waals surface area contributed by atoms with Crippen LogP contribution in [0.25, 0.3) is 11.5 Å². The number of halogens is 1. The first-order valence-corrected chi connectivity index (χ1v) is 4.41. The molecule has 0 atom stereocenters. The van der Waals surface area contributed by atoms with Gasteiger partial charge in [0.15, 0.2) is 10.4 Å². The van der Waals surface area contributed by atoms with Gasteiger partial charge in [-0.25, -0.2) is 0 Å². The van der Waals surface area contributed by atoms with Crippen molar-refractivity contribution in [3.63, 3.8) is 0 Å². The average Bonchev–Trinajstić information content (AvgIpc) is 2.71. The minimum atomic E-state index is -0.134.